The van der Waals surface area contributed by atoms with E-state index in [-0.39, 0.29) is 22.6 Å². The number of hydrazine groups is 2. The van der Waals surface area contributed by atoms with Gasteiger partial charge in [0.05, 0.1) is 11.3 Å². The van der Waals surface area contributed by atoms with Crippen molar-refractivity contribution in [2.24, 2.45) is 11.7 Å². The lowest BCUT2D eigenvalue weighted by Crippen LogP contribution is -2.59. The maximum atomic E-state index is 13.0. The highest BCUT2D eigenvalue weighted by Crippen LogP contribution is 2.30. The SMILES string of the molecule is NNC1=Cc2c(C(=O)O)nn(-c3ccccc3)c(=O)c2C(S)(NN)N1. The molecule has 0 bridgehead atoms. The number of nitrogens with one attached hydrogen (secondary N) is 3. The predicted molar refractivity (Wildman–Crippen MR) is 93.2 cm³/mol. The van der Waals surface area contributed by atoms with Crippen LogP contribution in [0.3, 0.4) is 0 Å². The zero-order valence-electron chi connectivity index (χ0n) is 12.7. The monoisotopic (exact) mass is 361 g/mol. The van der Waals surface area contributed by atoms with E-state index >= 15 is 0 Å². The average Bonchev–Trinajstić information content (AvgIpc) is 2.61. The van der Waals surface area contributed by atoms with Gasteiger partial charge in [-0.3, -0.25) is 10.6 Å². The Bertz CT molecular complexity index is 928. The summed E-state index contributed by atoms with van der Waals surface area (Å²) in [7, 11) is 0. The molecule has 0 saturated heterocycles. The number of aromatic carboxylic acids is 1. The van der Waals surface area contributed by atoms with Crippen molar-refractivity contribution in [1.82, 2.24) is 25.9 Å². The summed E-state index contributed by atoms with van der Waals surface area (Å²) in [4.78, 5) is 23.1. The predicted octanol–water partition coefficient (Wildman–Crippen LogP) is -1.20. The number of nitrogens with zero attached hydrogens (tertiary/aromatic N) is 2. The second-order valence-corrected chi connectivity index (χ2v) is 5.85. The van der Waals surface area contributed by atoms with Crippen LogP contribution in [0.2, 0.25) is 0 Å². The molecule has 130 valence electrons. The smallest absolute Gasteiger partial charge is 0.357 e. The summed E-state index contributed by atoms with van der Waals surface area (Å²) in [5.41, 5.74) is 4.21. The van der Waals surface area contributed by atoms with Gasteiger partial charge in [-0.2, -0.15) is 9.78 Å². The molecule has 0 amide bonds. The number of hydrogen-bond donors (Lipinski definition) is 7. The molecule has 2 aromatic rings. The van der Waals surface area contributed by atoms with Crippen LogP contribution in [0.25, 0.3) is 11.8 Å². The van der Waals surface area contributed by atoms with Crippen molar-refractivity contribution in [3.05, 3.63) is 63.3 Å². The molecule has 11 heteroatoms. The molecular formula is C14H15N7O3S. The largest absolute Gasteiger partial charge is 0.476 e. The topological polar surface area (TPSA) is 160 Å². The number of hydrogen-bond acceptors (Lipinski definition) is 9. The van der Waals surface area contributed by atoms with Crippen LogP contribution in [-0.4, -0.2) is 20.9 Å². The molecular weight excluding hydrogens is 346 g/mol. The maximum Gasteiger partial charge on any atom is 0.357 e. The first-order valence-corrected chi connectivity index (χ1v) is 7.49. The minimum atomic E-state index is -1.56. The van der Waals surface area contributed by atoms with Gasteiger partial charge in [0.25, 0.3) is 5.56 Å². The summed E-state index contributed by atoms with van der Waals surface area (Å²) >= 11 is 4.37. The molecule has 10 nitrogen and oxygen atoms in total. The number of nitrogens with two attached hydrogens (primary N) is 2. The van der Waals surface area contributed by atoms with E-state index in [2.05, 4.69) is 33.9 Å². The molecule has 1 atom stereocenters. The zero-order valence-corrected chi connectivity index (χ0v) is 13.6. The third-order valence-corrected chi connectivity index (χ3v) is 4.13. The van der Waals surface area contributed by atoms with E-state index in [4.69, 9.17) is 11.7 Å². The molecule has 1 aromatic carbocycles. The minimum Gasteiger partial charge on any atom is -0.476 e. The summed E-state index contributed by atoms with van der Waals surface area (Å²) in [6, 6.07) is 8.42. The first-order chi connectivity index (χ1) is 11.9. The lowest BCUT2D eigenvalue weighted by molar-refractivity contribution is 0.0687. The highest BCUT2D eigenvalue weighted by molar-refractivity contribution is 7.81. The minimum absolute atomic E-state index is 0.0198. The Morgan fingerprint density at radius 3 is 2.56 bits per heavy atom. The van der Waals surface area contributed by atoms with E-state index in [0.717, 1.165) is 4.68 Å². The Kier molecular flexibility index (Phi) is 4.22. The molecule has 0 radical (unpaired) electrons. The Hall–Kier alpha value is -2.86. The van der Waals surface area contributed by atoms with Crippen molar-refractivity contribution in [3.63, 3.8) is 0 Å². The number of carboxylic acids is 1. The molecule has 1 unspecified atom stereocenters. The maximum absolute atomic E-state index is 13.0. The fourth-order valence-electron chi connectivity index (χ4n) is 2.55. The Balaban J connectivity index is 2.42. The molecule has 1 aliphatic heterocycles. The molecule has 1 aliphatic rings. The Morgan fingerprint density at radius 2 is 2.00 bits per heavy atom. The molecule has 0 spiro atoms. The quantitative estimate of drug-likeness (QED) is 0.153. The summed E-state index contributed by atoms with van der Waals surface area (Å²) < 4.78 is 0.987. The van der Waals surface area contributed by atoms with E-state index in [1.165, 1.54) is 6.08 Å². The van der Waals surface area contributed by atoms with Crippen molar-refractivity contribution in [2.75, 3.05) is 0 Å². The normalized spacial score (nSPS) is 18.8. The number of carboxylic acid groups (broad SMARTS) is 1. The van der Waals surface area contributed by atoms with Gasteiger partial charge in [-0.1, -0.05) is 18.2 Å². The van der Waals surface area contributed by atoms with Crippen LogP contribution in [-0.2, 0) is 4.99 Å². The first kappa shape index (κ1) is 17.0. The molecule has 8 N–H and O–H groups in total. The number of para-hydroxylation sites is 1. The molecule has 2 heterocycles. The van der Waals surface area contributed by atoms with E-state index in [1.807, 2.05) is 0 Å². The first-order valence-electron chi connectivity index (χ1n) is 7.04. The number of aromatic nitrogens is 2. The van der Waals surface area contributed by atoms with E-state index < -0.39 is 16.5 Å². The van der Waals surface area contributed by atoms with Crippen molar-refractivity contribution >= 4 is 24.7 Å². The second kappa shape index (κ2) is 6.22. The number of benzene rings is 1. The van der Waals surface area contributed by atoms with Crippen LogP contribution in [0.1, 0.15) is 21.6 Å². The van der Waals surface area contributed by atoms with Crippen LogP contribution in [0, 0.1) is 0 Å². The summed E-state index contributed by atoms with van der Waals surface area (Å²) in [5, 5.41) is 16.3. The van der Waals surface area contributed by atoms with Crippen LogP contribution in [0.5, 0.6) is 0 Å². The number of rotatable bonds is 4. The molecule has 25 heavy (non-hydrogen) atoms. The van der Waals surface area contributed by atoms with Crippen LogP contribution >= 0.6 is 12.6 Å². The van der Waals surface area contributed by atoms with Gasteiger partial charge in [0, 0.05) is 5.56 Å². The molecule has 0 saturated carbocycles. The van der Waals surface area contributed by atoms with Gasteiger partial charge in [-0.25, -0.2) is 16.1 Å². The number of fused-ring (bicyclic) bond motifs is 1. The van der Waals surface area contributed by atoms with Gasteiger partial charge < -0.3 is 15.8 Å². The van der Waals surface area contributed by atoms with Gasteiger partial charge >= 0.3 is 5.97 Å². The average molecular weight is 361 g/mol. The third kappa shape index (κ3) is 2.74. The van der Waals surface area contributed by atoms with Crippen molar-refractivity contribution in [1.29, 1.82) is 0 Å². The van der Waals surface area contributed by atoms with E-state index in [9.17, 15) is 14.7 Å². The standard InChI is InChI=1S/C14H15N7O3S/c15-18-9-6-8-10(14(25,17-9)20-16)12(22)21(19-11(8)13(23)24)7-4-2-1-3-5-7/h1-6,17-18,20,25H,15-16H2,(H,23,24). The highest BCUT2D eigenvalue weighted by Gasteiger charge is 2.39. The molecule has 0 fully saturated rings. The summed E-state index contributed by atoms with van der Waals surface area (Å²) in [6.45, 7) is 0. The second-order valence-electron chi connectivity index (χ2n) is 5.18. The van der Waals surface area contributed by atoms with Gasteiger partial charge in [0.2, 0.25) is 0 Å². The van der Waals surface area contributed by atoms with Crippen molar-refractivity contribution in [2.45, 2.75) is 4.99 Å². The zero-order chi connectivity index (χ0) is 18.2. The van der Waals surface area contributed by atoms with E-state index in [0.29, 0.717) is 5.69 Å². The van der Waals surface area contributed by atoms with Crippen LogP contribution < -0.4 is 33.4 Å². The van der Waals surface area contributed by atoms with Crippen molar-refractivity contribution in [3.8, 4) is 5.69 Å². The van der Waals surface area contributed by atoms with Gasteiger partial charge in [-0.05, 0) is 18.2 Å². The van der Waals surface area contributed by atoms with Crippen molar-refractivity contribution < 1.29 is 9.90 Å². The fraction of sp³-hybridized carbons (Fsp3) is 0.0714. The lowest BCUT2D eigenvalue weighted by Gasteiger charge is -2.35. The van der Waals surface area contributed by atoms with Gasteiger partial charge in [0.15, 0.2) is 10.7 Å². The lowest BCUT2D eigenvalue weighted by atomic mass is 10.0. The Morgan fingerprint density at radius 1 is 1.32 bits per heavy atom. The molecule has 1 aromatic heterocycles. The molecule has 3 rings (SSSR count). The Labute approximate surface area is 146 Å². The molecule has 0 aliphatic carbocycles. The van der Waals surface area contributed by atoms with Gasteiger partial charge in [0.1, 0.15) is 5.82 Å². The summed E-state index contributed by atoms with van der Waals surface area (Å²) in [6.07, 6.45) is 1.36. The fourth-order valence-corrected chi connectivity index (χ4v) is 2.89. The van der Waals surface area contributed by atoms with E-state index in [1.54, 1.807) is 30.3 Å². The van der Waals surface area contributed by atoms with Crippen LogP contribution in [0.4, 0.5) is 0 Å². The van der Waals surface area contributed by atoms with Crippen LogP contribution in [0.15, 0.2) is 40.9 Å². The third-order valence-electron chi connectivity index (χ3n) is 3.66. The highest BCUT2D eigenvalue weighted by atomic mass is 32.1. The number of carbonyl (C=O) groups is 1. The number of thiol groups is 1. The summed E-state index contributed by atoms with van der Waals surface area (Å²) in [5.74, 6) is 9.83. The van der Waals surface area contributed by atoms with Gasteiger partial charge in [-0.15, -0.1) is 12.6 Å².